The fourth-order valence-electron chi connectivity index (χ4n) is 3.47. The Labute approximate surface area is 148 Å². The normalized spacial score (nSPS) is 21.8. The van der Waals surface area contributed by atoms with Crippen LogP contribution in [0.4, 0.5) is 0 Å². The summed E-state index contributed by atoms with van der Waals surface area (Å²) in [5, 5.41) is 3.35. The molecule has 2 atom stereocenters. The number of piperidine rings is 1. The molecule has 2 aromatic rings. The van der Waals surface area contributed by atoms with E-state index >= 15 is 0 Å². The summed E-state index contributed by atoms with van der Waals surface area (Å²) in [5.41, 5.74) is 2.46. The molecule has 0 unspecified atom stereocenters. The molecule has 0 amide bonds. The molecule has 0 saturated carbocycles. The van der Waals surface area contributed by atoms with Crippen molar-refractivity contribution in [2.75, 3.05) is 27.3 Å². The third kappa shape index (κ3) is 4.35. The highest BCUT2D eigenvalue weighted by Crippen LogP contribution is 2.26. The molecule has 1 aliphatic rings. The van der Waals surface area contributed by atoms with Crippen LogP contribution in [-0.2, 0) is 17.7 Å². The average Bonchev–Trinajstić information content (AvgIpc) is 3.01. The fourth-order valence-corrected chi connectivity index (χ4v) is 4.28. The van der Waals surface area contributed by atoms with Crippen LogP contribution in [-0.4, -0.2) is 43.3 Å². The molecule has 24 heavy (non-hydrogen) atoms. The van der Waals surface area contributed by atoms with Gasteiger partial charge in [-0.15, -0.1) is 11.3 Å². The number of hydrogen-bond acceptors (Lipinski definition) is 5. The summed E-state index contributed by atoms with van der Waals surface area (Å²) >= 11 is 1.76. The number of likely N-dealkylation sites (tertiary alicyclic amines) is 1. The third-order valence-corrected chi connectivity index (χ3v) is 5.68. The summed E-state index contributed by atoms with van der Waals surface area (Å²) in [7, 11) is 3.54. The summed E-state index contributed by atoms with van der Waals surface area (Å²) < 4.78 is 11.0. The Bertz CT molecular complexity index is 641. The number of aryl methyl sites for hydroxylation is 1. The number of aromatic nitrogens is 1. The minimum Gasteiger partial charge on any atom is -0.497 e. The van der Waals surface area contributed by atoms with Gasteiger partial charge in [-0.1, -0.05) is 12.1 Å². The smallest absolute Gasteiger partial charge is 0.118 e. The Morgan fingerprint density at radius 3 is 2.67 bits per heavy atom. The zero-order valence-corrected chi connectivity index (χ0v) is 15.5. The Hall–Kier alpha value is -1.43. The molecule has 1 aromatic heterocycles. The summed E-state index contributed by atoms with van der Waals surface area (Å²) in [6.07, 6.45) is 2.46. The molecule has 0 spiro atoms. The highest BCUT2D eigenvalue weighted by atomic mass is 32.1. The van der Waals surface area contributed by atoms with Crippen molar-refractivity contribution < 1.29 is 9.47 Å². The molecule has 5 heteroatoms. The van der Waals surface area contributed by atoms with Gasteiger partial charge in [0, 0.05) is 37.2 Å². The highest BCUT2D eigenvalue weighted by Gasteiger charge is 2.29. The summed E-state index contributed by atoms with van der Waals surface area (Å²) in [6.45, 7) is 5.15. The second-order valence-electron chi connectivity index (χ2n) is 6.49. The molecule has 2 heterocycles. The average molecular weight is 346 g/mol. The maximum Gasteiger partial charge on any atom is 0.118 e. The van der Waals surface area contributed by atoms with Crippen molar-refractivity contribution in [3.05, 3.63) is 45.9 Å². The Balaban J connectivity index is 1.64. The number of methoxy groups -OCH3 is 2. The maximum absolute atomic E-state index is 5.76. The van der Waals surface area contributed by atoms with Gasteiger partial charge < -0.3 is 9.47 Å². The first-order chi connectivity index (χ1) is 11.7. The monoisotopic (exact) mass is 346 g/mol. The van der Waals surface area contributed by atoms with E-state index in [1.165, 1.54) is 10.6 Å². The van der Waals surface area contributed by atoms with Crippen LogP contribution in [0, 0.1) is 12.8 Å². The molecule has 1 saturated heterocycles. The number of thiazole rings is 1. The van der Waals surface area contributed by atoms with E-state index in [-0.39, 0.29) is 0 Å². The number of hydrogen-bond donors (Lipinski definition) is 0. The van der Waals surface area contributed by atoms with Crippen LogP contribution < -0.4 is 4.74 Å². The van der Waals surface area contributed by atoms with E-state index in [2.05, 4.69) is 34.3 Å². The van der Waals surface area contributed by atoms with E-state index in [4.69, 9.17) is 9.47 Å². The minimum absolute atomic E-state index is 0.335. The van der Waals surface area contributed by atoms with Gasteiger partial charge in [0.25, 0.3) is 0 Å². The molecule has 1 aromatic carbocycles. The fraction of sp³-hybridized carbons (Fsp3) is 0.526. The van der Waals surface area contributed by atoms with Crippen LogP contribution >= 0.6 is 11.3 Å². The van der Waals surface area contributed by atoms with Gasteiger partial charge in [-0.25, -0.2) is 4.98 Å². The minimum atomic E-state index is 0.335. The third-order valence-electron chi connectivity index (χ3n) is 4.73. The highest BCUT2D eigenvalue weighted by molar-refractivity contribution is 7.09. The van der Waals surface area contributed by atoms with Crippen LogP contribution in [0.1, 0.15) is 22.7 Å². The number of nitrogens with zero attached hydrogens (tertiary/aromatic N) is 2. The van der Waals surface area contributed by atoms with Crippen molar-refractivity contribution in [1.82, 2.24) is 9.88 Å². The molecule has 0 N–H and O–H groups in total. The Morgan fingerprint density at radius 1 is 1.25 bits per heavy atom. The van der Waals surface area contributed by atoms with E-state index in [0.717, 1.165) is 43.9 Å². The van der Waals surface area contributed by atoms with E-state index in [1.807, 2.05) is 19.2 Å². The molecule has 0 bridgehead atoms. The van der Waals surface area contributed by atoms with Crippen LogP contribution in [0.3, 0.4) is 0 Å². The second kappa shape index (κ2) is 8.10. The van der Waals surface area contributed by atoms with Gasteiger partial charge in [-0.3, -0.25) is 4.90 Å². The van der Waals surface area contributed by atoms with Crippen molar-refractivity contribution in [1.29, 1.82) is 0 Å². The SMILES string of the molecule is COc1ccc(C[C@H]2CN(Cc3nc(C)cs3)CC[C@@H]2OC)cc1. The standard InChI is InChI=1S/C19H26N2O2S/c1-14-13-24-19(20-14)12-21-9-8-18(23-3)16(11-21)10-15-4-6-17(22-2)7-5-15/h4-7,13,16,18H,8-12H2,1-3H3/t16-,18-/m0/s1. The summed E-state index contributed by atoms with van der Waals surface area (Å²) in [6, 6.07) is 8.40. The van der Waals surface area contributed by atoms with Gasteiger partial charge in [0.15, 0.2) is 0 Å². The lowest BCUT2D eigenvalue weighted by Gasteiger charge is -2.37. The zero-order valence-electron chi connectivity index (χ0n) is 14.7. The van der Waals surface area contributed by atoms with Gasteiger partial charge in [-0.2, -0.15) is 0 Å². The van der Waals surface area contributed by atoms with Crippen molar-refractivity contribution in [2.24, 2.45) is 5.92 Å². The molecule has 0 aliphatic carbocycles. The molecule has 4 nitrogen and oxygen atoms in total. The second-order valence-corrected chi connectivity index (χ2v) is 7.44. The van der Waals surface area contributed by atoms with E-state index in [0.29, 0.717) is 12.0 Å². The van der Waals surface area contributed by atoms with Gasteiger partial charge in [-0.05, 0) is 37.5 Å². The van der Waals surface area contributed by atoms with Gasteiger partial charge in [0.1, 0.15) is 10.8 Å². The first kappa shape index (κ1) is 17.4. The molecular formula is C19H26N2O2S. The Kier molecular flexibility index (Phi) is 5.87. The van der Waals surface area contributed by atoms with Crippen molar-refractivity contribution >= 4 is 11.3 Å². The Morgan fingerprint density at radius 2 is 2.04 bits per heavy atom. The van der Waals surface area contributed by atoms with Crippen LogP contribution in [0.25, 0.3) is 0 Å². The largest absolute Gasteiger partial charge is 0.497 e. The van der Waals surface area contributed by atoms with Crippen LogP contribution in [0.2, 0.25) is 0 Å². The van der Waals surface area contributed by atoms with Crippen molar-refractivity contribution in [2.45, 2.75) is 32.4 Å². The van der Waals surface area contributed by atoms with E-state index in [9.17, 15) is 0 Å². The predicted octanol–water partition coefficient (Wildman–Crippen LogP) is 3.54. The molecule has 1 fully saturated rings. The predicted molar refractivity (Wildman–Crippen MR) is 97.7 cm³/mol. The summed E-state index contributed by atoms with van der Waals surface area (Å²) in [5.74, 6) is 1.42. The lowest BCUT2D eigenvalue weighted by molar-refractivity contribution is -0.00850. The lowest BCUT2D eigenvalue weighted by Crippen LogP contribution is -2.44. The zero-order chi connectivity index (χ0) is 16.9. The topological polar surface area (TPSA) is 34.6 Å². The molecule has 1 aliphatic heterocycles. The number of rotatable bonds is 6. The number of benzene rings is 1. The molecular weight excluding hydrogens is 320 g/mol. The number of ether oxygens (including phenoxy) is 2. The van der Waals surface area contributed by atoms with Crippen LogP contribution in [0.15, 0.2) is 29.6 Å². The quantitative estimate of drug-likeness (QED) is 0.801. The molecule has 0 radical (unpaired) electrons. The lowest BCUT2D eigenvalue weighted by atomic mass is 9.88. The molecule has 130 valence electrons. The summed E-state index contributed by atoms with van der Waals surface area (Å²) in [4.78, 5) is 7.12. The van der Waals surface area contributed by atoms with Gasteiger partial charge >= 0.3 is 0 Å². The maximum atomic E-state index is 5.76. The van der Waals surface area contributed by atoms with Crippen molar-refractivity contribution in [3.8, 4) is 5.75 Å². The van der Waals surface area contributed by atoms with Gasteiger partial charge in [0.05, 0.1) is 19.8 Å². The first-order valence-electron chi connectivity index (χ1n) is 8.47. The van der Waals surface area contributed by atoms with Crippen LogP contribution in [0.5, 0.6) is 5.75 Å². The first-order valence-corrected chi connectivity index (χ1v) is 9.35. The molecule has 3 rings (SSSR count). The van der Waals surface area contributed by atoms with Gasteiger partial charge in [0.2, 0.25) is 0 Å². The van der Waals surface area contributed by atoms with E-state index in [1.54, 1.807) is 18.4 Å². The van der Waals surface area contributed by atoms with E-state index < -0.39 is 0 Å². The van der Waals surface area contributed by atoms with Crippen molar-refractivity contribution in [3.63, 3.8) is 0 Å².